The summed E-state index contributed by atoms with van der Waals surface area (Å²) in [5.41, 5.74) is 0.541. The van der Waals surface area contributed by atoms with E-state index in [9.17, 15) is 8.42 Å². The highest BCUT2D eigenvalue weighted by molar-refractivity contribution is 7.89. The Kier molecular flexibility index (Phi) is 6.52. The topological polar surface area (TPSA) is 83.0 Å². The van der Waals surface area contributed by atoms with Crippen molar-refractivity contribution < 1.29 is 13.2 Å². The van der Waals surface area contributed by atoms with Gasteiger partial charge in [-0.25, -0.2) is 8.42 Å². The maximum absolute atomic E-state index is 13.1. The van der Waals surface area contributed by atoms with Gasteiger partial charge < -0.3 is 15.4 Å². The van der Waals surface area contributed by atoms with E-state index in [4.69, 9.17) is 9.73 Å². The number of sulfonamides is 1. The minimum Gasteiger partial charge on any atom is -0.385 e. The van der Waals surface area contributed by atoms with Crippen LogP contribution in [0.1, 0.15) is 24.8 Å². The molecule has 0 amide bonds. The number of piperidine rings is 1. The lowest BCUT2D eigenvalue weighted by Gasteiger charge is -2.44. The van der Waals surface area contributed by atoms with E-state index < -0.39 is 10.0 Å². The second-order valence-electron chi connectivity index (χ2n) is 7.18. The first-order valence-corrected chi connectivity index (χ1v) is 11.0. The van der Waals surface area contributed by atoms with E-state index in [0.29, 0.717) is 37.4 Å². The largest absolute Gasteiger partial charge is 0.385 e. The van der Waals surface area contributed by atoms with Crippen molar-refractivity contribution in [1.82, 2.24) is 14.9 Å². The average molecular weight is 395 g/mol. The van der Waals surface area contributed by atoms with Gasteiger partial charge in [-0.05, 0) is 37.8 Å². The summed E-state index contributed by atoms with van der Waals surface area (Å²) in [7, 11) is -1.76. The fraction of sp³-hybridized carbons (Fsp3) is 0.632. The molecule has 8 heteroatoms. The minimum atomic E-state index is -3.46. The Hall–Kier alpha value is -1.48. The Bertz CT molecular complexity index is 771. The standard InChI is InChI=1S/C19H30N4O3S/c1-16-6-3-4-7-17(16)27(24,25)23-13-8-19(9-14-23)18(21-11-12-22-19)20-10-5-15-26-2/h3-4,6-7,22H,5,8-15H2,1-2H3,(H,20,21). The van der Waals surface area contributed by atoms with Crippen LogP contribution in [0.2, 0.25) is 0 Å². The zero-order valence-corrected chi connectivity index (χ0v) is 17.0. The van der Waals surface area contributed by atoms with Crippen molar-refractivity contribution in [3.05, 3.63) is 29.8 Å². The number of aryl methyl sites for hydroxylation is 1. The van der Waals surface area contributed by atoms with Gasteiger partial charge in [-0.15, -0.1) is 0 Å². The summed E-state index contributed by atoms with van der Waals surface area (Å²) in [5, 5.41) is 7.05. The summed E-state index contributed by atoms with van der Waals surface area (Å²) in [6.45, 7) is 5.92. The van der Waals surface area contributed by atoms with Gasteiger partial charge in [-0.2, -0.15) is 4.31 Å². The predicted molar refractivity (Wildman–Crippen MR) is 107 cm³/mol. The molecule has 0 bridgehead atoms. The first kappa shape index (κ1) is 20.3. The number of nitrogens with zero attached hydrogens (tertiary/aromatic N) is 2. The van der Waals surface area contributed by atoms with Gasteiger partial charge in [-0.1, -0.05) is 18.2 Å². The second kappa shape index (κ2) is 8.68. The third kappa shape index (κ3) is 4.34. The molecule has 0 saturated carbocycles. The Morgan fingerprint density at radius 3 is 2.74 bits per heavy atom. The molecule has 1 aromatic rings. The molecular formula is C19H30N4O3S. The van der Waals surface area contributed by atoms with Crippen LogP contribution in [-0.2, 0) is 14.8 Å². The predicted octanol–water partition coefficient (Wildman–Crippen LogP) is 1.15. The van der Waals surface area contributed by atoms with Gasteiger partial charge in [0.15, 0.2) is 0 Å². The maximum atomic E-state index is 13.1. The number of ether oxygens (including phenoxy) is 1. The summed E-state index contributed by atoms with van der Waals surface area (Å²) < 4.78 is 32.8. The van der Waals surface area contributed by atoms with Crippen LogP contribution in [-0.4, -0.2) is 70.5 Å². The highest BCUT2D eigenvalue weighted by Crippen LogP contribution is 2.29. The van der Waals surface area contributed by atoms with E-state index >= 15 is 0 Å². The minimum absolute atomic E-state index is 0.247. The first-order valence-electron chi connectivity index (χ1n) is 9.58. The molecule has 1 spiro atoms. The summed E-state index contributed by atoms with van der Waals surface area (Å²) in [4.78, 5) is 5.10. The van der Waals surface area contributed by atoms with E-state index in [0.717, 1.165) is 37.5 Å². The van der Waals surface area contributed by atoms with Crippen molar-refractivity contribution in [2.75, 3.05) is 46.4 Å². The maximum Gasteiger partial charge on any atom is 0.243 e. The molecule has 0 unspecified atom stereocenters. The molecule has 2 N–H and O–H groups in total. The highest BCUT2D eigenvalue weighted by Gasteiger charge is 2.43. The number of amidine groups is 1. The lowest BCUT2D eigenvalue weighted by Crippen LogP contribution is -2.64. The highest BCUT2D eigenvalue weighted by atomic mass is 32.2. The van der Waals surface area contributed by atoms with Crippen molar-refractivity contribution >= 4 is 15.9 Å². The van der Waals surface area contributed by atoms with Gasteiger partial charge in [-0.3, -0.25) is 4.99 Å². The van der Waals surface area contributed by atoms with Crippen molar-refractivity contribution in [3.8, 4) is 0 Å². The molecule has 0 aromatic heterocycles. The Balaban J connectivity index is 1.69. The molecule has 0 atom stereocenters. The third-order valence-corrected chi connectivity index (χ3v) is 7.46. The van der Waals surface area contributed by atoms with E-state index in [-0.39, 0.29) is 5.54 Å². The Labute approximate surface area is 162 Å². The fourth-order valence-corrected chi connectivity index (χ4v) is 5.52. The first-order chi connectivity index (χ1) is 13.0. The van der Waals surface area contributed by atoms with Crippen LogP contribution in [0, 0.1) is 6.92 Å². The van der Waals surface area contributed by atoms with Gasteiger partial charge in [0.1, 0.15) is 5.84 Å². The number of nitrogens with one attached hydrogen (secondary N) is 2. The Morgan fingerprint density at radius 2 is 2.04 bits per heavy atom. The Morgan fingerprint density at radius 1 is 1.30 bits per heavy atom. The number of hydrogen-bond acceptors (Lipinski definition) is 6. The summed E-state index contributed by atoms with van der Waals surface area (Å²) >= 11 is 0. The normalized spacial score (nSPS) is 20.4. The van der Waals surface area contributed by atoms with Crippen LogP contribution < -0.4 is 10.6 Å². The molecule has 150 valence electrons. The average Bonchev–Trinajstić information content (AvgIpc) is 2.67. The molecule has 2 aliphatic rings. The molecule has 1 aromatic carbocycles. The van der Waals surface area contributed by atoms with Gasteiger partial charge in [0.25, 0.3) is 0 Å². The van der Waals surface area contributed by atoms with Gasteiger partial charge in [0.05, 0.1) is 17.0 Å². The molecule has 7 nitrogen and oxygen atoms in total. The van der Waals surface area contributed by atoms with Gasteiger partial charge >= 0.3 is 0 Å². The summed E-state index contributed by atoms with van der Waals surface area (Å²) in [6.07, 6.45) is 2.35. The zero-order valence-electron chi connectivity index (χ0n) is 16.2. The molecule has 2 heterocycles. The van der Waals surface area contributed by atoms with Crippen LogP contribution in [0.25, 0.3) is 0 Å². The van der Waals surface area contributed by atoms with Crippen LogP contribution in [0.3, 0.4) is 0 Å². The van der Waals surface area contributed by atoms with E-state index in [1.807, 2.05) is 19.1 Å². The second-order valence-corrected chi connectivity index (χ2v) is 9.09. The summed E-state index contributed by atoms with van der Waals surface area (Å²) in [6, 6.07) is 7.18. The molecule has 3 rings (SSSR count). The quantitative estimate of drug-likeness (QED) is 0.707. The number of hydrogen-bond donors (Lipinski definition) is 2. The number of aliphatic imine (C=N–C) groups is 1. The third-order valence-electron chi connectivity index (χ3n) is 5.40. The SMILES string of the molecule is COCCCNC1=NCCNC12CCN(S(=O)(=O)c1ccccc1C)CC2. The number of methoxy groups -OCH3 is 1. The fourth-order valence-electron chi connectivity index (χ4n) is 3.85. The van der Waals surface area contributed by atoms with Crippen LogP contribution in [0.5, 0.6) is 0 Å². The molecule has 0 radical (unpaired) electrons. The van der Waals surface area contributed by atoms with E-state index in [1.165, 1.54) is 0 Å². The zero-order chi connectivity index (χ0) is 19.3. The van der Waals surface area contributed by atoms with Gasteiger partial charge in [0, 0.05) is 39.9 Å². The molecular weight excluding hydrogens is 364 g/mol. The summed E-state index contributed by atoms with van der Waals surface area (Å²) in [5.74, 6) is 0.970. The molecule has 1 saturated heterocycles. The van der Waals surface area contributed by atoms with E-state index in [1.54, 1.807) is 23.5 Å². The van der Waals surface area contributed by atoms with Crippen LogP contribution in [0.15, 0.2) is 34.2 Å². The molecule has 27 heavy (non-hydrogen) atoms. The van der Waals surface area contributed by atoms with E-state index in [2.05, 4.69) is 10.6 Å². The lowest BCUT2D eigenvalue weighted by atomic mass is 9.85. The number of rotatable bonds is 6. The van der Waals surface area contributed by atoms with Crippen molar-refractivity contribution in [2.24, 2.45) is 4.99 Å². The van der Waals surface area contributed by atoms with Crippen LogP contribution >= 0.6 is 0 Å². The van der Waals surface area contributed by atoms with Crippen LogP contribution in [0.4, 0.5) is 0 Å². The molecule has 1 fully saturated rings. The van der Waals surface area contributed by atoms with Crippen molar-refractivity contribution in [3.63, 3.8) is 0 Å². The molecule has 0 aliphatic carbocycles. The molecule has 2 aliphatic heterocycles. The van der Waals surface area contributed by atoms with Gasteiger partial charge in [0.2, 0.25) is 10.0 Å². The van der Waals surface area contributed by atoms with Crippen molar-refractivity contribution in [2.45, 2.75) is 36.6 Å². The monoisotopic (exact) mass is 394 g/mol. The smallest absolute Gasteiger partial charge is 0.243 e. The number of benzene rings is 1. The van der Waals surface area contributed by atoms with Crippen molar-refractivity contribution in [1.29, 1.82) is 0 Å². The lowest BCUT2D eigenvalue weighted by molar-refractivity contribution is 0.195.